The number of phenolic OH excluding ortho intramolecular Hbond substituents is 1. The molecule has 11 nitrogen and oxygen atoms in total. The van der Waals surface area contributed by atoms with Gasteiger partial charge in [0.2, 0.25) is 6.29 Å². The minimum Gasteiger partial charge on any atom is -0.507 e. The minimum atomic E-state index is -1.72. The van der Waals surface area contributed by atoms with Crippen molar-refractivity contribution in [2.24, 2.45) is 0 Å². The smallest absolute Gasteiger partial charge is 0.308 e. The molecule has 1 heterocycles. The Balaban J connectivity index is 1.42. The van der Waals surface area contributed by atoms with Crippen LogP contribution in [0.15, 0.2) is 84.9 Å². The summed E-state index contributed by atoms with van der Waals surface area (Å²) >= 11 is 0. The first kappa shape index (κ1) is 34.0. The van der Waals surface area contributed by atoms with Gasteiger partial charge in [0.25, 0.3) is 0 Å². The second-order valence-corrected chi connectivity index (χ2v) is 12.8. The number of fused-ring (bicyclic) bond motifs is 3. The maximum absolute atomic E-state index is 14.7. The van der Waals surface area contributed by atoms with Gasteiger partial charge in [0.15, 0.2) is 11.6 Å². The van der Waals surface area contributed by atoms with Gasteiger partial charge in [0.1, 0.15) is 35.6 Å². The fraction of sp³-hybridized carbons (Fsp3) is 0.225. The maximum atomic E-state index is 14.7. The number of hydrogen-bond acceptors (Lipinski definition) is 11. The van der Waals surface area contributed by atoms with Gasteiger partial charge < -0.3 is 39.7 Å². The van der Waals surface area contributed by atoms with E-state index < -0.39 is 54.0 Å². The molecule has 0 radical (unpaired) electrons. The summed E-state index contributed by atoms with van der Waals surface area (Å²) in [5, 5.41) is 54.9. The third-order valence-corrected chi connectivity index (χ3v) is 9.37. The molecule has 0 amide bonds. The van der Waals surface area contributed by atoms with Gasteiger partial charge >= 0.3 is 5.97 Å². The summed E-state index contributed by atoms with van der Waals surface area (Å²) in [5.74, 6) is -2.58. The number of phenols is 1. The molecular weight excluding hydrogens is 656 g/mol. The first-order valence-electron chi connectivity index (χ1n) is 16.3. The van der Waals surface area contributed by atoms with Gasteiger partial charge in [-0.15, -0.1) is 0 Å². The predicted octanol–water partition coefficient (Wildman–Crippen LogP) is 4.20. The number of aromatic hydroxyl groups is 1. The maximum Gasteiger partial charge on any atom is 0.308 e. The second kappa shape index (κ2) is 13.4. The number of ether oxygens (including phenoxy) is 3. The SMILES string of the molecule is CC(=O)Oc1ccc2c(c1-c1ccc3ccccc3c1)C(=O)c1cc(O[C@H]3O[C@@H](C)[C@@H](O)[C@@H](O)[C@H]3O)c(Cc3cccc(CO)c3)c(O)c1C2=O. The highest BCUT2D eigenvalue weighted by Crippen LogP contribution is 2.46. The molecule has 11 heteroatoms. The van der Waals surface area contributed by atoms with Crippen LogP contribution in [0.25, 0.3) is 21.9 Å². The number of aliphatic hydroxyl groups excluding tert-OH is 4. The number of hydrogen-bond donors (Lipinski definition) is 5. The third-order valence-electron chi connectivity index (χ3n) is 9.37. The van der Waals surface area contributed by atoms with Crippen LogP contribution in [0, 0.1) is 0 Å². The zero-order valence-electron chi connectivity index (χ0n) is 27.6. The molecule has 5 N–H and O–H groups in total. The zero-order valence-corrected chi connectivity index (χ0v) is 27.6. The van der Waals surface area contributed by atoms with Crippen molar-refractivity contribution in [1.82, 2.24) is 0 Å². The fourth-order valence-corrected chi connectivity index (χ4v) is 6.80. The lowest BCUT2D eigenvalue weighted by atomic mass is 9.78. The van der Waals surface area contributed by atoms with Gasteiger partial charge in [-0.25, -0.2) is 0 Å². The molecule has 0 unspecified atom stereocenters. The summed E-state index contributed by atoms with van der Waals surface area (Å²) in [5.41, 5.74) is 1.46. The van der Waals surface area contributed by atoms with Crippen molar-refractivity contribution >= 4 is 28.3 Å². The Hall–Kier alpha value is -5.43. The van der Waals surface area contributed by atoms with Crippen molar-refractivity contribution in [3.63, 3.8) is 0 Å². The number of ketones is 2. The number of aliphatic hydroxyl groups is 4. The van der Waals surface area contributed by atoms with Gasteiger partial charge in [-0.1, -0.05) is 60.7 Å². The van der Waals surface area contributed by atoms with Crippen LogP contribution < -0.4 is 9.47 Å². The molecule has 0 bridgehead atoms. The van der Waals surface area contributed by atoms with Gasteiger partial charge in [-0.3, -0.25) is 14.4 Å². The van der Waals surface area contributed by atoms with Crippen LogP contribution in [0.2, 0.25) is 0 Å². The van der Waals surface area contributed by atoms with E-state index in [1.165, 1.54) is 32.0 Å². The summed E-state index contributed by atoms with van der Waals surface area (Å²) in [6.07, 6.45) is -7.29. The average molecular weight is 691 g/mol. The van der Waals surface area contributed by atoms with Crippen LogP contribution in [-0.2, 0) is 22.6 Å². The van der Waals surface area contributed by atoms with Crippen molar-refractivity contribution in [2.75, 3.05) is 0 Å². The molecule has 1 saturated heterocycles. The van der Waals surface area contributed by atoms with Crippen LogP contribution in [0.1, 0.15) is 62.4 Å². The normalized spacial score (nSPS) is 21.3. The Morgan fingerprint density at radius 2 is 1.47 bits per heavy atom. The monoisotopic (exact) mass is 690 g/mol. The predicted molar refractivity (Wildman–Crippen MR) is 184 cm³/mol. The van der Waals surface area contributed by atoms with Gasteiger partial charge in [-0.2, -0.15) is 0 Å². The van der Waals surface area contributed by atoms with Crippen LogP contribution >= 0.6 is 0 Å². The van der Waals surface area contributed by atoms with Crippen molar-refractivity contribution in [3.8, 4) is 28.4 Å². The van der Waals surface area contributed by atoms with E-state index in [2.05, 4.69) is 0 Å². The van der Waals surface area contributed by atoms with E-state index in [1.54, 1.807) is 30.3 Å². The lowest BCUT2D eigenvalue weighted by molar-refractivity contribution is -0.268. The van der Waals surface area contributed by atoms with Crippen LogP contribution in [-0.4, -0.2) is 73.8 Å². The highest BCUT2D eigenvalue weighted by Gasteiger charge is 2.44. The molecule has 1 aliphatic carbocycles. The Labute approximate surface area is 291 Å². The molecule has 260 valence electrons. The minimum absolute atomic E-state index is 0.0132. The number of carbonyl (C=O) groups excluding carboxylic acids is 3. The van der Waals surface area contributed by atoms with Crippen molar-refractivity contribution in [2.45, 2.75) is 57.6 Å². The molecule has 5 aromatic carbocycles. The molecule has 0 aromatic heterocycles. The molecule has 0 spiro atoms. The molecule has 1 fully saturated rings. The molecule has 2 aliphatic rings. The third kappa shape index (κ3) is 6.05. The van der Waals surface area contributed by atoms with E-state index in [-0.39, 0.29) is 57.9 Å². The number of esters is 1. The Kier molecular flexibility index (Phi) is 8.92. The lowest BCUT2D eigenvalue weighted by Crippen LogP contribution is -2.58. The van der Waals surface area contributed by atoms with Crippen LogP contribution in [0.3, 0.4) is 0 Å². The Morgan fingerprint density at radius 3 is 2.22 bits per heavy atom. The van der Waals surface area contributed by atoms with E-state index in [0.717, 1.165) is 10.8 Å². The Morgan fingerprint density at radius 1 is 0.745 bits per heavy atom. The van der Waals surface area contributed by atoms with Gasteiger partial charge in [0.05, 0.1) is 18.3 Å². The van der Waals surface area contributed by atoms with E-state index in [9.17, 15) is 39.9 Å². The van der Waals surface area contributed by atoms with E-state index >= 15 is 0 Å². The van der Waals surface area contributed by atoms with Crippen molar-refractivity contribution in [1.29, 1.82) is 0 Å². The standard InChI is InChI=1S/C40H34O11/c1-19-34(43)38(47)39(48)40(49-19)51-30-17-28-33(36(45)27(30)15-21-6-5-7-22(14-21)18-41)35(44)26-12-13-29(50-20(2)42)31(32(26)37(28)46)25-11-10-23-8-3-4-9-24(23)16-25/h3-14,16-17,19,34,38-41,43,45,47-48H,15,18H2,1-2H3/t19-,34+,38+,39+,40+/m0/s1. The largest absolute Gasteiger partial charge is 0.507 e. The lowest BCUT2D eigenvalue weighted by Gasteiger charge is -2.39. The van der Waals surface area contributed by atoms with E-state index in [0.29, 0.717) is 16.7 Å². The molecule has 51 heavy (non-hydrogen) atoms. The molecule has 5 atom stereocenters. The number of rotatable bonds is 7. The molecule has 7 rings (SSSR count). The number of benzene rings is 5. The first-order chi connectivity index (χ1) is 24.5. The highest BCUT2D eigenvalue weighted by atomic mass is 16.7. The molecule has 0 saturated carbocycles. The first-order valence-corrected chi connectivity index (χ1v) is 16.3. The average Bonchev–Trinajstić information content (AvgIpc) is 3.12. The van der Waals surface area contributed by atoms with Crippen LogP contribution in [0.4, 0.5) is 0 Å². The van der Waals surface area contributed by atoms with Gasteiger partial charge in [-0.05, 0) is 58.7 Å². The molecule has 5 aromatic rings. The van der Waals surface area contributed by atoms with Gasteiger partial charge in [0, 0.05) is 41.2 Å². The summed E-state index contributed by atoms with van der Waals surface area (Å²) in [6.45, 7) is 2.46. The summed E-state index contributed by atoms with van der Waals surface area (Å²) in [6, 6.07) is 24.0. The summed E-state index contributed by atoms with van der Waals surface area (Å²) in [7, 11) is 0. The summed E-state index contributed by atoms with van der Waals surface area (Å²) < 4.78 is 17.3. The molecule has 1 aliphatic heterocycles. The van der Waals surface area contributed by atoms with Crippen molar-refractivity contribution < 1.29 is 54.1 Å². The fourth-order valence-electron chi connectivity index (χ4n) is 6.80. The zero-order chi connectivity index (χ0) is 36.1. The Bertz CT molecular complexity index is 2220. The highest BCUT2D eigenvalue weighted by molar-refractivity contribution is 6.32. The topological polar surface area (TPSA) is 180 Å². The summed E-state index contributed by atoms with van der Waals surface area (Å²) in [4.78, 5) is 41.3. The quantitative estimate of drug-likeness (QED) is 0.120. The van der Waals surface area contributed by atoms with Crippen molar-refractivity contribution in [3.05, 3.63) is 124 Å². The van der Waals surface area contributed by atoms with E-state index in [4.69, 9.17) is 14.2 Å². The number of carbonyl (C=O) groups is 3. The van der Waals surface area contributed by atoms with E-state index in [1.807, 2.05) is 36.4 Å². The van der Waals surface area contributed by atoms with Crippen LogP contribution in [0.5, 0.6) is 17.2 Å². The molecular formula is C40H34O11. The second-order valence-electron chi connectivity index (χ2n) is 12.8.